The van der Waals surface area contributed by atoms with Crippen LogP contribution in [0.5, 0.6) is 0 Å². The van der Waals surface area contributed by atoms with E-state index < -0.39 is 0 Å². The molecule has 0 amide bonds. The van der Waals surface area contributed by atoms with Crippen molar-refractivity contribution < 1.29 is 10.2 Å². The summed E-state index contributed by atoms with van der Waals surface area (Å²) in [4.78, 5) is 1.92. The maximum atomic E-state index is 9.00. The summed E-state index contributed by atoms with van der Waals surface area (Å²) in [7, 11) is 0. The standard InChI is InChI=1S/C10H12Br3NO2/c11-7-5-8(12)10(9(13)6-7)14(1-3-15)2-4-16/h5-6,15-16H,1-4H2. The summed E-state index contributed by atoms with van der Waals surface area (Å²) in [6.07, 6.45) is 0. The van der Waals surface area contributed by atoms with Crippen molar-refractivity contribution in [2.24, 2.45) is 0 Å². The molecule has 0 bridgehead atoms. The average molecular weight is 418 g/mol. The Labute approximate surface area is 120 Å². The second kappa shape index (κ2) is 6.96. The number of aliphatic hydroxyl groups excluding tert-OH is 2. The lowest BCUT2D eigenvalue weighted by molar-refractivity contribution is 0.281. The summed E-state index contributed by atoms with van der Waals surface area (Å²) >= 11 is 10.3. The lowest BCUT2D eigenvalue weighted by Crippen LogP contribution is -2.30. The topological polar surface area (TPSA) is 43.7 Å². The van der Waals surface area contributed by atoms with Crippen LogP contribution in [0.1, 0.15) is 0 Å². The summed E-state index contributed by atoms with van der Waals surface area (Å²) in [5.74, 6) is 0. The van der Waals surface area contributed by atoms with Crippen molar-refractivity contribution in [3.63, 3.8) is 0 Å². The molecule has 0 aliphatic heterocycles. The van der Waals surface area contributed by atoms with Crippen molar-refractivity contribution >= 4 is 53.5 Å². The first kappa shape index (κ1) is 14.4. The highest BCUT2D eigenvalue weighted by Gasteiger charge is 2.13. The van der Waals surface area contributed by atoms with Crippen molar-refractivity contribution in [1.82, 2.24) is 0 Å². The van der Waals surface area contributed by atoms with Gasteiger partial charge in [-0.3, -0.25) is 0 Å². The van der Waals surface area contributed by atoms with E-state index in [4.69, 9.17) is 10.2 Å². The van der Waals surface area contributed by atoms with Gasteiger partial charge in [-0.25, -0.2) is 0 Å². The number of nitrogens with zero attached hydrogens (tertiary/aromatic N) is 1. The van der Waals surface area contributed by atoms with Crippen molar-refractivity contribution in [3.8, 4) is 0 Å². The zero-order valence-corrected chi connectivity index (χ0v) is 13.2. The molecule has 1 rings (SSSR count). The van der Waals surface area contributed by atoms with Gasteiger partial charge < -0.3 is 15.1 Å². The highest BCUT2D eigenvalue weighted by Crippen LogP contribution is 2.36. The minimum Gasteiger partial charge on any atom is -0.395 e. The quantitative estimate of drug-likeness (QED) is 0.774. The minimum absolute atomic E-state index is 0.0505. The van der Waals surface area contributed by atoms with Gasteiger partial charge in [0.2, 0.25) is 0 Å². The second-order valence-corrected chi connectivity index (χ2v) is 5.78. The molecule has 0 atom stereocenters. The Kier molecular flexibility index (Phi) is 6.28. The number of anilines is 1. The number of hydrogen-bond donors (Lipinski definition) is 2. The average Bonchev–Trinajstić information content (AvgIpc) is 2.16. The molecule has 0 saturated heterocycles. The van der Waals surface area contributed by atoms with E-state index in [9.17, 15) is 0 Å². The van der Waals surface area contributed by atoms with Gasteiger partial charge in [0.15, 0.2) is 0 Å². The van der Waals surface area contributed by atoms with Gasteiger partial charge in [-0.15, -0.1) is 0 Å². The molecule has 0 spiro atoms. The summed E-state index contributed by atoms with van der Waals surface area (Å²) in [5.41, 5.74) is 0.936. The Morgan fingerprint density at radius 1 is 0.938 bits per heavy atom. The van der Waals surface area contributed by atoms with Crippen LogP contribution in [0, 0.1) is 0 Å². The molecule has 16 heavy (non-hydrogen) atoms. The number of hydrogen-bond acceptors (Lipinski definition) is 3. The smallest absolute Gasteiger partial charge is 0.0657 e. The lowest BCUT2D eigenvalue weighted by Gasteiger charge is -2.25. The Balaban J connectivity index is 3.07. The van der Waals surface area contributed by atoms with E-state index >= 15 is 0 Å². The lowest BCUT2D eigenvalue weighted by atomic mass is 10.3. The van der Waals surface area contributed by atoms with E-state index in [1.54, 1.807) is 0 Å². The second-order valence-electron chi connectivity index (χ2n) is 3.15. The van der Waals surface area contributed by atoms with Crippen molar-refractivity contribution in [2.45, 2.75) is 0 Å². The van der Waals surface area contributed by atoms with Crippen LogP contribution in [0.3, 0.4) is 0 Å². The molecular weight excluding hydrogens is 406 g/mol. The summed E-state index contributed by atoms with van der Waals surface area (Å²) < 4.78 is 2.79. The largest absolute Gasteiger partial charge is 0.395 e. The molecular formula is C10H12Br3NO2. The third-order valence-electron chi connectivity index (χ3n) is 2.04. The molecule has 2 N–H and O–H groups in total. The molecule has 0 unspecified atom stereocenters. The van der Waals surface area contributed by atoms with Gasteiger partial charge in [-0.05, 0) is 44.0 Å². The van der Waals surface area contributed by atoms with E-state index in [2.05, 4.69) is 47.8 Å². The molecule has 3 nitrogen and oxygen atoms in total. The summed E-state index contributed by atoms with van der Waals surface area (Å²) in [6.45, 7) is 1.07. The van der Waals surface area contributed by atoms with Crippen molar-refractivity contribution in [2.75, 3.05) is 31.2 Å². The van der Waals surface area contributed by atoms with Crippen LogP contribution in [0.2, 0.25) is 0 Å². The maximum absolute atomic E-state index is 9.00. The van der Waals surface area contributed by atoms with Crippen molar-refractivity contribution in [1.29, 1.82) is 0 Å². The number of benzene rings is 1. The zero-order chi connectivity index (χ0) is 12.1. The number of rotatable bonds is 5. The highest BCUT2D eigenvalue weighted by atomic mass is 79.9. The van der Waals surface area contributed by atoms with Gasteiger partial charge in [0.05, 0.1) is 18.9 Å². The molecule has 1 aromatic carbocycles. The fraction of sp³-hybridized carbons (Fsp3) is 0.400. The van der Waals surface area contributed by atoms with E-state index in [1.165, 1.54) is 0 Å². The zero-order valence-electron chi connectivity index (χ0n) is 8.46. The Bertz CT molecular complexity index is 331. The summed E-state index contributed by atoms with van der Waals surface area (Å²) in [5, 5.41) is 18.0. The first-order valence-corrected chi connectivity index (χ1v) is 7.09. The van der Waals surface area contributed by atoms with Crippen LogP contribution in [-0.4, -0.2) is 36.5 Å². The molecule has 0 aromatic heterocycles. The molecule has 0 aliphatic carbocycles. The third-order valence-corrected chi connectivity index (χ3v) is 3.70. The third kappa shape index (κ3) is 3.70. The Morgan fingerprint density at radius 3 is 1.75 bits per heavy atom. The SMILES string of the molecule is OCCN(CCO)c1c(Br)cc(Br)cc1Br. The van der Waals surface area contributed by atoms with Crippen molar-refractivity contribution in [3.05, 3.63) is 25.6 Å². The summed E-state index contributed by atoms with van der Waals surface area (Å²) in [6, 6.07) is 3.86. The fourth-order valence-electron chi connectivity index (χ4n) is 1.41. The van der Waals surface area contributed by atoms with Crippen LogP contribution in [0.15, 0.2) is 25.6 Å². The molecule has 1 aromatic rings. The van der Waals surface area contributed by atoms with E-state index in [0.29, 0.717) is 13.1 Å². The van der Waals surface area contributed by atoms with E-state index in [-0.39, 0.29) is 13.2 Å². The molecule has 90 valence electrons. The molecule has 6 heteroatoms. The first-order valence-electron chi connectivity index (χ1n) is 4.71. The predicted octanol–water partition coefficient (Wildman–Crippen LogP) is 2.77. The van der Waals surface area contributed by atoms with Crippen LogP contribution in [-0.2, 0) is 0 Å². The molecule has 0 radical (unpaired) electrons. The van der Waals surface area contributed by atoms with Crippen LogP contribution in [0.4, 0.5) is 5.69 Å². The molecule has 0 aliphatic rings. The molecule has 0 saturated carbocycles. The number of aliphatic hydroxyl groups is 2. The Hall–Kier alpha value is 0.380. The first-order chi connectivity index (χ1) is 7.60. The highest BCUT2D eigenvalue weighted by molar-refractivity contribution is 9.11. The molecule has 0 heterocycles. The van der Waals surface area contributed by atoms with Crippen LogP contribution in [0.25, 0.3) is 0 Å². The van der Waals surface area contributed by atoms with Gasteiger partial charge >= 0.3 is 0 Å². The van der Waals surface area contributed by atoms with Gasteiger partial charge in [0, 0.05) is 26.5 Å². The predicted molar refractivity (Wildman–Crippen MR) is 75.9 cm³/mol. The normalized spacial score (nSPS) is 10.6. The van der Waals surface area contributed by atoms with Crippen LogP contribution >= 0.6 is 47.8 Å². The minimum atomic E-state index is 0.0505. The van der Waals surface area contributed by atoms with Gasteiger partial charge in [-0.1, -0.05) is 15.9 Å². The van der Waals surface area contributed by atoms with Gasteiger partial charge in [0.1, 0.15) is 0 Å². The van der Waals surface area contributed by atoms with Crippen LogP contribution < -0.4 is 4.90 Å². The maximum Gasteiger partial charge on any atom is 0.0657 e. The molecule has 0 fully saturated rings. The van der Waals surface area contributed by atoms with Gasteiger partial charge in [-0.2, -0.15) is 0 Å². The van der Waals surface area contributed by atoms with E-state index in [1.807, 2.05) is 17.0 Å². The van der Waals surface area contributed by atoms with E-state index in [0.717, 1.165) is 19.1 Å². The monoisotopic (exact) mass is 415 g/mol. The number of halogens is 3. The fourth-order valence-corrected chi connectivity index (χ4v) is 4.17. The van der Waals surface area contributed by atoms with Gasteiger partial charge in [0.25, 0.3) is 0 Å². The Morgan fingerprint density at radius 2 is 1.38 bits per heavy atom.